The molecule has 0 atom stereocenters. The number of fused-ring (bicyclic) bond motifs is 2. The summed E-state index contributed by atoms with van der Waals surface area (Å²) in [6.45, 7) is 6.83. The summed E-state index contributed by atoms with van der Waals surface area (Å²) in [7, 11) is -1.27. The number of H-pyrrole nitrogens is 1. The van der Waals surface area contributed by atoms with Crippen molar-refractivity contribution in [2.24, 2.45) is 0 Å². The molecule has 224 valence electrons. The van der Waals surface area contributed by atoms with Crippen LogP contribution in [0.5, 0.6) is 0 Å². The van der Waals surface area contributed by atoms with Gasteiger partial charge in [0.15, 0.2) is 0 Å². The number of rotatable bonds is 7. The molecule has 2 aliphatic heterocycles. The highest BCUT2D eigenvalue weighted by atomic mass is 32.2. The molecule has 5 aromatic rings. The first kappa shape index (κ1) is 27.7. The zero-order valence-electron chi connectivity index (χ0n) is 24.5. The number of hydrogen-bond acceptors (Lipinski definition) is 9. The van der Waals surface area contributed by atoms with Gasteiger partial charge in [-0.2, -0.15) is 9.97 Å². The van der Waals surface area contributed by atoms with Gasteiger partial charge in [0, 0.05) is 74.5 Å². The van der Waals surface area contributed by atoms with Gasteiger partial charge >= 0.3 is 0 Å². The minimum absolute atomic E-state index is 0.434. The van der Waals surface area contributed by atoms with Crippen LogP contribution in [-0.2, 0) is 10.0 Å². The van der Waals surface area contributed by atoms with Gasteiger partial charge in [0.05, 0.1) is 22.8 Å². The Morgan fingerprint density at radius 2 is 1.65 bits per heavy atom. The number of likely N-dealkylation sites (N-methyl/N-ethyl adjacent to an activating group) is 1. The van der Waals surface area contributed by atoms with E-state index in [4.69, 9.17) is 4.98 Å². The number of aromatic amines is 1. The van der Waals surface area contributed by atoms with Crippen LogP contribution < -0.4 is 15.5 Å². The summed E-state index contributed by atoms with van der Waals surface area (Å²) in [4.78, 5) is 20.2. The Bertz CT molecular complexity index is 1850. The molecule has 0 unspecified atom stereocenters. The van der Waals surface area contributed by atoms with Crippen LogP contribution >= 0.6 is 0 Å². The summed E-state index contributed by atoms with van der Waals surface area (Å²) < 4.78 is 26.2. The summed E-state index contributed by atoms with van der Waals surface area (Å²) in [5, 5.41) is 8.34. The second-order valence-electron chi connectivity index (χ2n) is 11.6. The highest BCUT2D eigenvalue weighted by Gasteiger charge is 2.26. The van der Waals surface area contributed by atoms with E-state index < -0.39 is 10.0 Å². The fraction of sp³-hybridized carbons (Fsp3) is 0.355. The topological polar surface area (TPSA) is 114 Å². The van der Waals surface area contributed by atoms with Gasteiger partial charge in [0.25, 0.3) is 0 Å². The average Bonchev–Trinajstić information content (AvgIpc) is 3.67. The largest absolute Gasteiger partial charge is 0.371 e. The Morgan fingerprint density at radius 1 is 0.884 bits per heavy atom. The second-order valence-corrected chi connectivity index (χ2v) is 13.5. The molecule has 0 spiro atoms. The van der Waals surface area contributed by atoms with Crippen molar-refractivity contribution in [3.63, 3.8) is 0 Å². The smallest absolute Gasteiger partial charge is 0.236 e. The molecule has 7 rings (SSSR count). The zero-order chi connectivity index (χ0) is 29.6. The Hall–Kier alpha value is -4.13. The van der Waals surface area contributed by atoms with Crippen LogP contribution in [0, 0.1) is 0 Å². The van der Waals surface area contributed by atoms with Crippen LogP contribution in [0.25, 0.3) is 21.9 Å². The van der Waals surface area contributed by atoms with Crippen LogP contribution in [0.2, 0.25) is 0 Å². The fourth-order valence-electron chi connectivity index (χ4n) is 6.32. The van der Waals surface area contributed by atoms with Crippen molar-refractivity contribution >= 4 is 60.8 Å². The Balaban J connectivity index is 1.07. The van der Waals surface area contributed by atoms with Crippen LogP contribution in [0.1, 0.15) is 12.8 Å². The first-order valence-electron chi connectivity index (χ1n) is 14.8. The van der Waals surface area contributed by atoms with Crippen molar-refractivity contribution < 1.29 is 8.42 Å². The maximum absolute atomic E-state index is 12.4. The molecule has 5 heterocycles. The highest BCUT2D eigenvalue weighted by Crippen LogP contribution is 2.32. The molecular formula is C31H37N9O2S. The molecule has 2 aromatic carbocycles. The maximum Gasteiger partial charge on any atom is 0.236 e. The number of anilines is 5. The molecule has 0 aliphatic carbocycles. The molecule has 0 amide bonds. The first-order valence-corrected chi connectivity index (χ1v) is 16.6. The second kappa shape index (κ2) is 11.2. The average molecular weight is 600 g/mol. The molecule has 11 nitrogen and oxygen atoms in total. The lowest BCUT2D eigenvalue weighted by Gasteiger charge is -2.42. The van der Waals surface area contributed by atoms with Crippen molar-refractivity contribution in [2.75, 3.05) is 68.1 Å². The Kier molecular flexibility index (Phi) is 7.20. The SMILES string of the molecule is CN1CCN(C2CCN(c3ccc(Nc4nc(Nc5cccc6ccn(S(C)(=O)=O)c56)c5cc[nH]c5n4)cc3)CC2)CC1. The van der Waals surface area contributed by atoms with Gasteiger partial charge in [0.2, 0.25) is 16.0 Å². The number of para-hydroxylation sites is 1. The molecule has 0 radical (unpaired) electrons. The first-order chi connectivity index (χ1) is 20.8. The third kappa shape index (κ3) is 5.65. The van der Waals surface area contributed by atoms with Crippen LogP contribution in [0.4, 0.5) is 28.8 Å². The van der Waals surface area contributed by atoms with Crippen molar-refractivity contribution in [3.8, 4) is 0 Å². The van der Waals surface area contributed by atoms with Crippen LogP contribution in [-0.4, -0.2) is 95.8 Å². The van der Waals surface area contributed by atoms with Crippen molar-refractivity contribution in [3.05, 3.63) is 67.0 Å². The molecule has 2 aliphatic rings. The molecule has 0 saturated carbocycles. The van der Waals surface area contributed by atoms with E-state index in [2.05, 4.69) is 66.6 Å². The lowest BCUT2D eigenvalue weighted by molar-refractivity contribution is 0.0982. The lowest BCUT2D eigenvalue weighted by Crippen LogP contribution is -2.52. The standard InChI is InChI=1S/C31H37N9O2S/c1-37-18-20-39(21-19-37)25-12-15-38(16-13-25)24-8-6-23(7-9-24)33-31-35-29-26(10-14-32-29)30(36-31)34-27-5-3-4-22-11-17-40(28(22)27)43(2,41)42/h3-11,14,17,25H,12-13,15-16,18-21H2,1-2H3,(H3,32,33,34,35,36). The quantitative estimate of drug-likeness (QED) is 0.250. The van der Waals surface area contributed by atoms with Gasteiger partial charge < -0.3 is 25.4 Å². The number of piperazine rings is 1. The van der Waals surface area contributed by atoms with Gasteiger partial charge in [-0.1, -0.05) is 12.1 Å². The van der Waals surface area contributed by atoms with E-state index in [1.54, 1.807) is 12.3 Å². The molecule has 2 saturated heterocycles. The highest BCUT2D eigenvalue weighted by molar-refractivity contribution is 7.89. The Morgan fingerprint density at radius 3 is 2.40 bits per heavy atom. The van der Waals surface area contributed by atoms with E-state index in [0.717, 1.165) is 29.5 Å². The summed E-state index contributed by atoms with van der Waals surface area (Å²) in [5.74, 6) is 1.01. The summed E-state index contributed by atoms with van der Waals surface area (Å²) in [6.07, 6.45) is 6.99. The number of piperidine rings is 1. The number of benzene rings is 2. The minimum Gasteiger partial charge on any atom is -0.371 e. The lowest BCUT2D eigenvalue weighted by atomic mass is 10.0. The number of aromatic nitrogens is 4. The van der Waals surface area contributed by atoms with Crippen molar-refractivity contribution in [2.45, 2.75) is 18.9 Å². The van der Waals surface area contributed by atoms with Gasteiger partial charge in [-0.25, -0.2) is 12.4 Å². The summed E-state index contributed by atoms with van der Waals surface area (Å²) in [5.41, 5.74) is 4.00. The van der Waals surface area contributed by atoms with Crippen LogP contribution in [0.15, 0.2) is 67.0 Å². The van der Waals surface area contributed by atoms with E-state index in [9.17, 15) is 8.42 Å². The Labute approximate surface area is 251 Å². The third-order valence-electron chi connectivity index (χ3n) is 8.71. The van der Waals surface area contributed by atoms with Crippen molar-refractivity contribution in [1.29, 1.82) is 0 Å². The zero-order valence-corrected chi connectivity index (χ0v) is 25.3. The molecule has 3 N–H and O–H groups in total. The van der Waals surface area contributed by atoms with Gasteiger partial charge in [0.1, 0.15) is 11.5 Å². The molecule has 2 fully saturated rings. The molecule has 43 heavy (non-hydrogen) atoms. The number of nitrogens with zero attached hydrogens (tertiary/aromatic N) is 6. The summed E-state index contributed by atoms with van der Waals surface area (Å²) in [6, 6.07) is 18.5. The normalized spacial score (nSPS) is 17.6. The predicted molar refractivity (Wildman–Crippen MR) is 173 cm³/mol. The maximum atomic E-state index is 12.4. The molecule has 3 aromatic heterocycles. The van der Waals surface area contributed by atoms with Gasteiger partial charge in [-0.3, -0.25) is 4.90 Å². The molecule has 12 heteroatoms. The van der Waals surface area contributed by atoms with E-state index in [1.807, 2.05) is 30.5 Å². The fourth-order valence-corrected chi connectivity index (χ4v) is 7.14. The number of nitrogens with one attached hydrogen (secondary N) is 3. The molecular weight excluding hydrogens is 562 g/mol. The van der Waals surface area contributed by atoms with E-state index in [-0.39, 0.29) is 0 Å². The van der Waals surface area contributed by atoms with Crippen LogP contribution in [0.3, 0.4) is 0 Å². The van der Waals surface area contributed by atoms with E-state index >= 15 is 0 Å². The van der Waals surface area contributed by atoms with Gasteiger partial charge in [-0.05, 0) is 62.4 Å². The number of hydrogen-bond donors (Lipinski definition) is 3. The monoisotopic (exact) mass is 599 g/mol. The third-order valence-corrected chi connectivity index (χ3v) is 9.73. The van der Waals surface area contributed by atoms with E-state index in [0.29, 0.717) is 34.7 Å². The minimum atomic E-state index is -3.48. The predicted octanol–water partition coefficient (Wildman–Crippen LogP) is 4.42. The van der Waals surface area contributed by atoms with E-state index in [1.165, 1.54) is 54.9 Å². The van der Waals surface area contributed by atoms with Crippen molar-refractivity contribution in [1.82, 2.24) is 28.7 Å². The van der Waals surface area contributed by atoms with Gasteiger partial charge in [-0.15, -0.1) is 0 Å². The summed E-state index contributed by atoms with van der Waals surface area (Å²) >= 11 is 0. The molecule has 0 bridgehead atoms.